The molecule has 32 heavy (non-hydrogen) atoms. The molecule has 2 aromatic carbocycles. The predicted octanol–water partition coefficient (Wildman–Crippen LogP) is 4.71. The molecule has 158 valence electrons. The van der Waals surface area contributed by atoms with Crippen LogP contribution in [-0.4, -0.2) is 26.6 Å². The summed E-state index contributed by atoms with van der Waals surface area (Å²) in [7, 11) is 0. The summed E-state index contributed by atoms with van der Waals surface area (Å²) in [6, 6.07) is 20.3. The minimum atomic E-state index is -0.318. The lowest BCUT2D eigenvalue weighted by atomic mass is 10.1. The molecule has 0 spiro atoms. The Hall–Kier alpha value is -4.11. The number of aromatic nitrogens is 3. The van der Waals surface area contributed by atoms with Crippen molar-refractivity contribution in [1.29, 1.82) is 5.26 Å². The van der Waals surface area contributed by atoms with Gasteiger partial charge in [0.2, 0.25) is 5.95 Å². The van der Waals surface area contributed by atoms with Gasteiger partial charge < -0.3 is 9.13 Å². The zero-order valence-electron chi connectivity index (χ0n) is 18.3. The van der Waals surface area contributed by atoms with Gasteiger partial charge in [0.25, 0.3) is 5.91 Å². The number of hydrogen-bond acceptors (Lipinski definition) is 3. The van der Waals surface area contributed by atoms with E-state index in [9.17, 15) is 10.1 Å². The van der Waals surface area contributed by atoms with Crippen LogP contribution in [0.3, 0.4) is 0 Å². The molecular weight excluding hydrogens is 398 g/mol. The van der Waals surface area contributed by atoms with Crippen LogP contribution in [0.15, 0.2) is 60.2 Å². The van der Waals surface area contributed by atoms with Crippen LogP contribution in [0.4, 0.5) is 5.95 Å². The summed E-state index contributed by atoms with van der Waals surface area (Å²) in [6.45, 7) is 7.27. The highest BCUT2D eigenvalue weighted by Crippen LogP contribution is 2.29. The number of nitrogens with zero attached hydrogens (tertiary/aromatic N) is 5. The minimum Gasteiger partial charge on any atom is -0.318 e. The molecule has 0 aliphatic carbocycles. The number of nitriles is 1. The Bertz CT molecular complexity index is 1430. The first-order valence-corrected chi connectivity index (χ1v) is 10.6. The SMILES string of the molecule is Cc1ccc(-n2c(C)cc(/C=C(\C#N)C(=O)N3CCn4c3nc3ccccc34)c2C)cc1. The van der Waals surface area contributed by atoms with Crippen LogP contribution in [-0.2, 0) is 11.3 Å². The molecule has 0 saturated heterocycles. The molecule has 1 amide bonds. The summed E-state index contributed by atoms with van der Waals surface area (Å²) in [5, 5.41) is 9.82. The largest absolute Gasteiger partial charge is 0.318 e. The summed E-state index contributed by atoms with van der Waals surface area (Å²) in [6.07, 6.45) is 1.70. The average Bonchev–Trinajstić information content (AvgIpc) is 3.44. The van der Waals surface area contributed by atoms with E-state index in [4.69, 9.17) is 0 Å². The number of rotatable bonds is 3. The molecule has 0 saturated carbocycles. The zero-order chi connectivity index (χ0) is 22.4. The number of carbonyl (C=O) groups excluding carboxylic acids is 1. The quantitative estimate of drug-likeness (QED) is 0.356. The molecular formula is C26H23N5O. The molecule has 6 heteroatoms. The Morgan fingerprint density at radius 2 is 1.81 bits per heavy atom. The molecule has 2 aromatic heterocycles. The van der Waals surface area contributed by atoms with E-state index in [0.717, 1.165) is 33.7 Å². The van der Waals surface area contributed by atoms with Crippen molar-refractivity contribution in [3.8, 4) is 11.8 Å². The number of hydrogen-bond donors (Lipinski definition) is 0. The van der Waals surface area contributed by atoms with Gasteiger partial charge in [0.05, 0.1) is 11.0 Å². The third kappa shape index (κ3) is 3.10. The molecule has 0 radical (unpaired) electrons. The Morgan fingerprint density at radius 3 is 2.56 bits per heavy atom. The van der Waals surface area contributed by atoms with E-state index in [-0.39, 0.29) is 11.5 Å². The molecule has 1 aliphatic rings. The van der Waals surface area contributed by atoms with Gasteiger partial charge in [-0.15, -0.1) is 0 Å². The third-order valence-electron chi connectivity index (χ3n) is 6.08. The first-order chi connectivity index (χ1) is 15.5. The van der Waals surface area contributed by atoms with E-state index in [0.29, 0.717) is 19.0 Å². The minimum absolute atomic E-state index is 0.106. The van der Waals surface area contributed by atoms with E-state index in [1.54, 1.807) is 11.0 Å². The number of amides is 1. The van der Waals surface area contributed by atoms with Crippen molar-refractivity contribution in [2.45, 2.75) is 27.3 Å². The Kier molecular flexibility index (Phi) is 4.67. The Balaban J connectivity index is 1.51. The van der Waals surface area contributed by atoms with E-state index >= 15 is 0 Å². The van der Waals surface area contributed by atoms with Gasteiger partial charge in [-0.2, -0.15) is 5.26 Å². The lowest BCUT2D eigenvalue weighted by Crippen LogP contribution is -2.30. The fourth-order valence-electron chi connectivity index (χ4n) is 4.45. The van der Waals surface area contributed by atoms with Crippen molar-refractivity contribution in [3.05, 3.63) is 82.7 Å². The van der Waals surface area contributed by atoms with Gasteiger partial charge in [0.1, 0.15) is 11.6 Å². The van der Waals surface area contributed by atoms with Gasteiger partial charge >= 0.3 is 0 Å². The summed E-state index contributed by atoms with van der Waals surface area (Å²) in [5.74, 6) is 0.282. The van der Waals surface area contributed by atoms with Crippen molar-refractivity contribution in [3.63, 3.8) is 0 Å². The fraction of sp³-hybridized carbons (Fsp3) is 0.192. The van der Waals surface area contributed by atoms with Crippen molar-refractivity contribution >= 4 is 29.0 Å². The first-order valence-electron chi connectivity index (χ1n) is 10.6. The molecule has 0 atom stereocenters. The number of aryl methyl sites for hydroxylation is 2. The van der Waals surface area contributed by atoms with Crippen LogP contribution in [0.2, 0.25) is 0 Å². The van der Waals surface area contributed by atoms with Crippen molar-refractivity contribution in [2.75, 3.05) is 11.4 Å². The van der Waals surface area contributed by atoms with Crippen molar-refractivity contribution in [2.24, 2.45) is 0 Å². The van der Waals surface area contributed by atoms with Crippen LogP contribution < -0.4 is 4.90 Å². The highest BCUT2D eigenvalue weighted by molar-refractivity contribution is 6.11. The number of para-hydroxylation sites is 2. The van der Waals surface area contributed by atoms with E-state index in [2.05, 4.69) is 46.8 Å². The summed E-state index contributed by atoms with van der Waals surface area (Å²) >= 11 is 0. The average molecular weight is 422 g/mol. The second kappa shape index (κ2) is 7.54. The summed E-state index contributed by atoms with van der Waals surface area (Å²) in [5.41, 5.74) is 7.11. The lowest BCUT2D eigenvalue weighted by molar-refractivity contribution is -0.114. The smallest absolute Gasteiger partial charge is 0.271 e. The lowest BCUT2D eigenvalue weighted by Gasteiger charge is -2.13. The van der Waals surface area contributed by atoms with Crippen LogP contribution >= 0.6 is 0 Å². The van der Waals surface area contributed by atoms with Crippen molar-refractivity contribution in [1.82, 2.24) is 14.1 Å². The van der Waals surface area contributed by atoms with Crippen LogP contribution in [0, 0.1) is 32.1 Å². The molecule has 3 heterocycles. The maximum Gasteiger partial charge on any atom is 0.271 e. The van der Waals surface area contributed by atoms with E-state index in [1.807, 2.05) is 48.7 Å². The van der Waals surface area contributed by atoms with Crippen LogP contribution in [0.25, 0.3) is 22.8 Å². The molecule has 1 aliphatic heterocycles. The number of carbonyl (C=O) groups is 1. The Morgan fingerprint density at radius 1 is 1.06 bits per heavy atom. The fourth-order valence-corrected chi connectivity index (χ4v) is 4.45. The number of fused-ring (bicyclic) bond motifs is 3. The number of anilines is 1. The molecule has 6 nitrogen and oxygen atoms in total. The molecule has 4 aromatic rings. The maximum absolute atomic E-state index is 13.3. The Labute approximate surface area is 186 Å². The summed E-state index contributed by atoms with van der Waals surface area (Å²) in [4.78, 5) is 19.5. The number of imidazole rings is 1. The van der Waals surface area contributed by atoms with E-state index in [1.165, 1.54) is 5.56 Å². The second-order valence-corrected chi connectivity index (χ2v) is 8.18. The van der Waals surface area contributed by atoms with Crippen LogP contribution in [0.5, 0.6) is 0 Å². The van der Waals surface area contributed by atoms with Gasteiger partial charge in [-0.05, 0) is 62.7 Å². The normalized spacial score (nSPS) is 13.4. The standard InChI is InChI=1S/C26H23N5O/c1-17-8-10-22(11-9-17)31-18(2)14-20(19(31)3)15-21(16-27)25(32)30-13-12-29-24-7-5-4-6-23(24)28-26(29)30/h4-11,14-15H,12-13H2,1-3H3/b21-15+. The van der Waals surface area contributed by atoms with Gasteiger partial charge in [-0.3, -0.25) is 9.69 Å². The third-order valence-corrected chi connectivity index (χ3v) is 6.08. The molecule has 0 N–H and O–H groups in total. The monoisotopic (exact) mass is 421 g/mol. The van der Waals surface area contributed by atoms with Gasteiger partial charge in [0.15, 0.2) is 0 Å². The predicted molar refractivity (Wildman–Crippen MR) is 126 cm³/mol. The highest BCUT2D eigenvalue weighted by atomic mass is 16.2. The topological polar surface area (TPSA) is 66.8 Å². The van der Waals surface area contributed by atoms with E-state index < -0.39 is 0 Å². The van der Waals surface area contributed by atoms with Gasteiger partial charge in [0, 0.05) is 30.2 Å². The van der Waals surface area contributed by atoms with Gasteiger partial charge in [-0.1, -0.05) is 29.8 Å². The van der Waals surface area contributed by atoms with Gasteiger partial charge in [-0.25, -0.2) is 4.98 Å². The molecule has 0 unspecified atom stereocenters. The maximum atomic E-state index is 13.3. The zero-order valence-corrected chi connectivity index (χ0v) is 18.3. The number of benzene rings is 2. The van der Waals surface area contributed by atoms with Crippen molar-refractivity contribution < 1.29 is 4.79 Å². The molecule has 5 rings (SSSR count). The first kappa shape index (κ1) is 19.8. The molecule has 0 fully saturated rings. The van der Waals surface area contributed by atoms with Crippen LogP contribution in [0.1, 0.15) is 22.5 Å². The second-order valence-electron chi connectivity index (χ2n) is 8.18. The molecule has 0 bridgehead atoms. The highest BCUT2D eigenvalue weighted by Gasteiger charge is 2.30. The summed E-state index contributed by atoms with van der Waals surface area (Å²) < 4.78 is 4.17.